The lowest BCUT2D eigenvalue weighted by molar-refractivity contribution is -0.129. The Morgan fingerprint density at radius 2 is 1.69 bits per heavy atom. The maximum Gasteiger partial charge on any atom is 0.220 e. The second kappa shape index (κ2) is 16.5. The number of nitrogens with one attached hydrogen (secondary N) is 3. The lowest BCUT2D eigenvalue weighted by Gasteiger charge is -2.56. The van der Waals surface area contributed by atoms with Crippen LogP contribution in [0.25, 0.3) is 22.0 Å². The zero-order valence-corrected chi connectivity index (χ0v) is 32.4. The third-order valence-electron chi connectivity index (χ3n) is 11.8. The molecule has 9 heteroatoms. The number of fused-ring (bicyclic) bond motifs is 1. The fourth-order valence-electron chi connectivity index (χ4n) is 9.86. The van der Waals surface area contributed by atoms with E-state index in [4.69, 9.17) is 19.4 Å². The van der Waals surface area contributed by atoms with Crippen molar-refractivity contribution >= 4 is 34.0 Å². The molecule has 4 aliphatic rings. The number of anilines is 1. The van der Waals surface area contributed by atoms with E-state index in [1.165, 1.54) is 60.1 Å². The van der Waals surface area contributed by atoms with Crippen LogP contribution in [0, 0.1) is 30.1 Å². The highest BCUT2D eigenvalue weighted by Crippen LogP contribution is 2.61. The SMILES string of the molecule is CNCc1ccccc1-c1csc([C@H](C)Nc2nc(C)nc3cc(OCCCCCCCNC(=O)CC45CC6CC(CC(C6)C4)C5)c(OC)cc23)c1. The molecule has 4 bridgehead atoms. The van der Waals surface area contributed by atoms with Gasteiger partial charge in [-0.2, -0.15) is 0 Å². The lowest BCUT2D eigenvalue weighted by atomic mass is 9.49. The van der Waals surface area contributed by atoms with Crippen molar-refractivity contribution < 1.29 is 14.3 Å². The predicted molar refractivity (Wildman–Crippen MR) is 212 cm³/mol. The van der Waals surface area contributed by atoms with Crippen LogP contribution in [0.3, 0.4) is 0 Å². The number of nitrogens with zero attached hydrogens (tertiary/aromatic N) is 2. The third kappa shape index (κ3) is 8.57. The second-order valence-corrected chi connectivity index (χ2v) is 16.9. The van der Waals surface area contributed by atoms with Gasteiger partial charge in [0.15, 0.2) is 11.5 Å². The van der Waals surface area contributed by atoms with Crippen LogP contribution >= 0.6 is 11.3 Å². The quantitative estimate of drug-likeness (QED) is 0.0880. The Morgan fingerprint density at radius 3 is 2.44 bits per heavy atom. The number of methoxy groups -OCH3 is 1. The summed E-state index contributed by atoms with van der Waals surface area (Å²) in [7, 11) is 3.66. The Hall–Kier alpha value is -3.69. The van der Waals surface area contributed by atoms with Gasteiger partial charge in [-0.15, -0.1) is 11.3 Å². The Labute approximate surface area is 313 Å². The minimum Gasteiger partial charge on any atom is -0.493 e. The predicted octanol–water partition coefficient (Wildman–Crippen LogP) is 9.62. The average Bonchev–Trinajstić information content (AvgIpc) is 3.61. The van der Waals surface area contributed by atoms with Crippen molar-refractivity contribution in [2.75, 3.05) is 32.6 Å². The molecule has 2 aromatic carbocycles. The van der Waals surface area contributed by atoms with Crippen LogP contribution in [0.15, 0.2) is 47.8 Å². The van der Waals surface area contributed by atoms with E-state index >= 15 is 0 Å². The number of carbonyl (C=O) groups is 1. The maximum absolute atomic E-state index is 12.8. The minimum absolute atomic E-state index is 0.0531. The van der Waals surface area contributed by atoms with Crippen molar-refractivity contribution in [3.8, 4) is 22.6 Å². The summed E-state index contributed by atoms with van der Waals surface area (Å²) in [5, 5.41) is 13.3. The zero-order valence-electron chi connectivity index (χ0n) is 31.6. The molecule has 4 aromatic rings. The van der Waals surface area contributed by atoms with E-state index in [0.717, 1.165) is 86.1 Å². The van der Waals surface area contributed by atoms with E-state index in [1.807, 2.05) is 26.1 Å². The molecule has 4 aliphatic carbocycles. The minimum atomic E-state index is 0.0531. The highest BCUT2D eigenvalue weighted by atomic mass is 32.1. The van der Waals surface area contributed by atoms with Gasteiger partial charge in [-0.05, 0) is 130 Å². The number of ether oxygens (including phenoxy) is 2. The first-order chi connectivity index (χ1) is 25.3. The van der Waals surface area contributed by atoms with Crippen molar-refractivity contribution in [3.63, 3.8) is 0 Å². The number of amides is 1. The number of hydrogen-bond donors (Lipinski definition) is 3. The van der Waals surface area contributed by atoms with E-state index in [0.29, 0.717) is 29.3 Å². The van der Waals surface area contributed by atoms with Gasteiger partial charge in [0.25, 0.3) is 0 Å². The molecule has 0 spiro atoms. The number of aromatic nitrogens is 2. The topological polar surface area (TPSA) is 97.4 Å². The molecule has 2 heterocycles. The molecule has 8 rings (SSSR count). The molecule has 2 aromatic heterocycles. The first kappa shape index (κ1) is 36.7. The lowest BCUT2D eigenvalue weighted by Crippen LogP contribution is -2.48. The molecule has 3 N–H and O–H groups in total. The molecule has 1 atom stereocenters. The van der Waals surface area contributed by atoms with Crippen LogP contribution in [0.4, 0.5) is 5.82 Å². The molecule has 0 aliphatic heterocycles. The summed E-state index contributed by atoms with van der Waals surface area (Å²) in [6.07, 6.45) is 14.3. The summed E-state index contributed by atoms with van der Waals surface area (Å²) in [6.45, 7) is 6.35. The molecular weight excluding hydrogens is 667 g/mol. The smallest absolute Gasteiger partial charge is 0.220 e. The van der Waals surface area contributed by atoms with Crippen molar-refractivity contribution in [2.24, 2.45) is 23.2 Å². The molecule has 1 amide bonds. The summed E-state index contributed by atoms with van der Waals surface area (Å²) in [5.74, 6) is 5.86. The molecule has 52 heavy (non-hydrogen) atoms. The van der Waals surface area contributed by atoms with Crippen molar-refractivity contribution in [1.82, 2.24) is 20.6 Å². The first-order valence-corrected chi connectivity index (χ1v) is 20.5. The number of aryl methyl sites for hydroxylation is 1. The van der Waals surface area contributed by atoms with E-state index < -0.39 is 0 Å². The first-order valence-electron chi connectivity index (χ1n) is 19.6. The van der Waals surface area contributed by atoms with Gasteiger partial charge >= 0.3 is 0 Å². The van der Waals surface area contributed by atoms with Crippen molar-refractivity contribution in [3.05, 3.63) is 64.1 Å². The Morgan fingerprint density at radius 1 is 0.962 bits per heavy atom. The number of benzene rings is 2. The number of hydrogen-bond acceptors (Lipinski definition) is 8. The highest BCUT2D eigenvalue weighted by Gasteiger charge is 2.51. The summed E-state index contributed by atoms with van der Waals surface area (Å²) in [6, 6.07) is 14.9. The molecular formula is C43H57N5O3S. The molecule has 4 saturated carbocycles. The van der Waals surface area contributed by atoms with Gasteiger partial charge in [-0.1, -0.05) is 43.5 Å². The summed E-state index contributed by atoms with van der Waals surface area (Å²) in [5.41, 5.74) is 4.94. The largest absolute Gasteiger partial charge is 0.493 e. The summed E-state index contributed by atoms with van der Waals surface area (Å²) < 4.78 is 12.0. The van der Waals surface area contributed by atoms with E-state index in [9.17, 15) is 4.79 Å². The standard InChI is InChI=1S/C43H57N5O3S/c1-28(40-19-34(27-52-40)35-13-9-8-12-33(35)26-44-3)46-42-36-20-38(50-4)39(21-37(36)47-29(2)48-42)51-15-11-7-5-6-10-14-45-41(49)25-43-22-30-16-31(23-43)18-32(17-30)24-43/h8-9,12-13,19-21,27-28,30-32,44H,5-7,10-11,14-18,22-26H2,1-4H3,(H,45,49)(H,46,47,48)/t28-,30?,31?,32?,43?/m0/s1. The fraction of sp³-hybridized carbons (Fsp3) is 0.558. The summed E-state index contributed by atoms with van der Waals surface area (Å²) >= 11 is 1.76. The van der Waals surface area contributed by atoms with Gasteiger partial charge < -0.3 is 25.4 Å². The van der Waals surface area contributed by atoms with Crippen LogP contribution < -0.4 is 25.4 Å². The maximum atomic E-state index is 12.8. The van der Waals surface area contributed by atoms with Crippen LogP contribution in [-0.2, 0) is 11.3 Å². The van der Waals surface area contributed by atoms with Crippen LogP contribution in [0.1, 0.15) is 106 Å². The van der Waals surface area contributed by atoms with Gasteiger partial charge in [0.2, 0.25) is 5.91 Å². The Bertz CT molecular complexity index is 1800. The number of thiophene rings is 1. The van der Waals surface area contributed by atoms with Crippen molar-refractivity contribution in [1.29, 1.82) is 0 Å². The number of carbonyl (C=O) groups excluding carboxylic acids is 1. The average molecular weight is 724 g/mol. The highest BCUT2D eigenvalue weighted by molar-refractivity contribution is 7.10. The van der Waals surface area contributed by atoms with Crippen molar-refractivity contribution in [2.45, 2.75) is 103 Å². The van der Waals surface area contributed by atoms with Gasteiger partial charge in [0.1, 0.15) is 11.6 Å². The molecule has 0 saturated heterocycles. The number of unbranched alkanes of at least 4 members (excludes halogenated alkanes) is 4. The van der Waals surface area contributed by atoms with Gasteiger partial charge in [0, 0.05) is 35.8 Å². The molecule has 4 fully saturated rings. The van der Waals surface area contributed by atoms with Gasteiger partial charge in [-0.25, -0.2) is 9.97 Å². The van der Waals surface area contributed by atoms with Crippen LogP contribution in [0.5, 0.6) is 11.5 Å². The number of rotatable bonds is 18. The van der Waals surface area contributed by atoms with E-state index in [-0.39, 0.29) is 11.9 Å². The second-order valence-electron chi connectivity index (χ2n) is 16.0. The Balaban J connectivity index is 0.866. The van der Waals surface area contributed by atoms with Crippen LogP contribution in [-0.4, -0.2) is 43.2 Å². The Kier molecular flexibility index (Phi) is 11.7. The van der Waals surface area contributed by atoms with Gasteiger partial charge in [-0.3, -0.25) is 4.79 Å². The zero-order chi connectivity index (χ0) is 36.1. The molecule has 278 valence electrons. The molecule has 0 radical (unpaired) electrons. The van der Waals surface area contributed by atoms with Crippen LogP contribution in [0.2, 0.25) is 0 Å². The van der Waals surface area contributed by atoms with Gasteiger partial charge in [0.05, 0.1) is 25.3 Å². The normalized spacial score (nSPS) is 22.4. The monoisotopic (exact) mass is 723 g/mol. The van der Waals surface area contributed by atoms with E-state index in [1.54, 1.807) is 18.4 Å². The third-order valence-corrected chi connectivity index (χ3v) is 12.9. The molecule has 0 unspecified atom stereocenters. The summed E-state index contributed by atoms with van der Waals surface area (Å²) in [4.78, 5) is 23.6. The van der Waals surface area contributed by atoms with E-state index in [2.05, 4.69) is 58.6 Å². The molecule has 8 nitrogen and oxygen atoms in total. The fourth-order valence-corrected chi connectivity index (χ4v) is 10.8.